The van der Waals surface area contributed by atoms with Crippen molar-refractivity contribution >= 4 is 35.2 Å². The Morgan fingerprint density at radius 2 is 1.63 bits per heavy atom. The van der Waals surface area contributed by atoms with Crippen LogP contribution in [-0.4, -0.2) is 54.1 Å². The molecule has 2 heterocycles. The number of hydrogen-bond acceptors (Lipinski definition) is 3. The van der Waals surface area contributed by atoms with Crippen LogP contribution in [0.2, 0.25) is 10.0 Å². The molecule has 206 valence electrons. The van der Waals surface area contributed by atoms with Crippen LogP contribution in [0, 0.1) is 5.92 Å². The van der Waals surface area contributed by atoms with Crippen molar-refractivity contribution in [3.8, 4) is 11.1 Å². The van der Waals surface area contributed by atoms with Gasteiger partial charge < -0.3 is 14.5 Å². The van der Waals surface area contributed by atoms with E-state index in [9.17, 15) is 22.8 Å². The number of rotatable bonds is 7. The molecule has 5 nitrogen and oxygen atoms in total. The summed E-state index contributed by atoms with van der Waals surface area (Å²) >= 11 is 13.1. The lowest BCUT2D eigenvalue weighted by atomic mass is 9.95. The minimum absolute atomic E-state index is 0.0629. The largest absolute Gasteiger partial charge is 0.449 e. The van der Waals surface area contributed by atoms with E-state index in [1.807, 2.05) is 11.8 Å². The fourth-order valence-corrected chi connectivity index (χ4v) is 5.77. The molecule has 2 amide bonds. The Balaban J connectivity index is 1.36. The van der Waals surface area contributed by atoms with E-state index in [-0.39, 0.29) is 24.0 Å². The number of halogens is 5. The first kappa shape index (κ1) is 28.6. The first-order chi connectivity index (χ1) is 18.1. The zero-order valence-electron chi connectivity index (χ0n) is 21.2. The van der Waals surface area contributed by atoms with Gasteiger partial charge in [0.05, 0.1) is 12.2 Å². The smallest absolute Gasteiger partial charge is 0.416 e. The lowest BCUT2D eigenvalue weighted by molar-refractivity contribution is -0.137. The van der Waals surface area contributed by atoms with E-state index in [1.54, 1.807) is 17.0 Å². The molecule has 2 fully saturated rings. The lowest BCUT2D eigenvalue weighted by Gasteiger charge is -2.36. The number of carbonyl (C=O) groups excluding carboxylic acids is 2. The number of likely N-dealkylation sites (tertiary alicyclic amines) is 2. The number of benzene rings is 2. The van der Waals surface area contributed by atoms with Crippen LogP contribution in [0.3, 0.4) is 0 Å². The summed E-state index contributed by atoms with van der Waals surface area (Å²) in [7, 11) is 0. The minimum Gasteiger partial charge on any atom is -0.449 e. The Kier molecular flexibility index (Phi) is 9.14. The Hall–Kier alpha value is -2.45. The van der Waals surface area contributed by atoms with Crippen LogP contribution < -0.4 is 0 Å². The molecule has 2 aliphatic heterocycles. The van der Waals surface area contributed by atoms with Gasteiger partial charge in [0.25, 0.3) is 0 Å². The minimum atomic E-state index is -4.41. The van der Waals surface area contributed by atoms with Crippen LogP contribution in [0.25, 0.3) is 11.1 Å². The van der Waals surface area contributed by atoms with Crippen molar-refractivity contribution in [2.45, 2.75) is 57.7 Å². The van der Waals surface area contributed by atoms with Gasteiger partial charge in [0, 0.05) is 41.6 Å². The molecular formula is C28H31Cl2F3N2O3. The van der Waals surface area contributed by atoms with E-state index in [0.29, 0.717) is 78.7 Å². The van der Waals surface area contributed by atoms with Gasteiger partial charge in [0.2, 0.25) is 5.91 Å². The molecule has 2 aliphatic rings. The van der Waals surface area contributed by atoms with Crippen molar-refractivity contribution in [3.05, 3.63) is 57.6 Å². The van der Waals surface area contributed by atoms with Crippen molar-refractivity contribution in [1.82, 2.24) is 9.80 Å². The molecule has 0 spiro atoms. The average molecular weight is 571 g/mol. The van der Waals surface area contributed by atoms with Crippen LogP contribution in [0.4, 0.5) is 18.0 Å². The fourth-order valence-electron chi connectivity index (χ4n) is 5.13. The molecule has 38 heavy (non-hydrogen) atoms. The Bertz CT molecular complexity index is 1130. The molecule has 4 rings (SSSR count). The van der Waals surface area contributed by atoms with E-state index in [0.717, 1.165) is 25.0 Å². The van der Waals surface area contributed by atoms with Crippen LogP contribution in [-0.2, 0) is 22.1 Å². The van der Waals surface area contributed by atoms with Crippen molar-refractivity contribution in [2.75, 3.05) is 26.2 Å². The van der Waals surface area contributed by atoms with Crippen molar-refractivity contribution in [1.29, 1.82) is 0 Å². The van der Waals surface area contributed by atoms with Gasteiger partial charge in [-0.25, -0.2) is 4.79 Å². The molecule has 0 bridgehead atoms. The molecule has 0 unspecified atom stereocenters. The molecule has 0 radical (unpaired) electrons. The van der Waals surface area contributed by atoms with Gasteiger partial charge in [-0.15, -0.1) is 0 Å². The highest BCUT2D eigenvalue weighted by Gasteiger charge is 2.38. The number of alkyl halides is 3. The number of hydrogen-bond donors (Lipinski definition) is 0. The van der Waals surface area contributed by atoms with E-state index in [2.05, 4.69) is 0 Å². The van der Waals surface area contributed by atoms with Crippen LogP contribution >= 0.6 is 23.2 Å². The maximum Gasteiger partial charge on any atom is 0.416 e. The van der Waals surface area contributed by atoms with E-state index < -0.39 is 11.7 Å². The summed E-state index contributed by atoms with van der Waals surface area (Å²) in [6.45, 7) is 4.24. The van der Waals surface area contributed by atoms with E-state index >= 15 is 0 Å². The first-order valence-electron chi connectivity index (χ1n) is 13.0. The molecule has 0 saturated carbocycles. The molecule has 2 aromatic carbocycles. The molecule has 10 heteroatoms. The van der Waals surface area contributed by atoms with Gasteiger partial charge in [0.15, 0.2) is 0 Å². The van der Waals surface area contributed by atoms with Gasteiger partial charge in [-0.1, -0.05) is 48.7 Å². The molecule has 2 aromatic rings. The Labute approximate surface area is 230 Å². The number of piperidine rings is 1. The van der Waals surface area contributed by atoms with Gasteiger partial charge in [-0.05, 0) is 73.1 Å². The summed E-state index contributed by atoms with van der Waals surface area (Å²) < 4.78 is 43.9. The predicted molar refractivity (Wildman–Crippen MR) is 141 cm³/mol. The molecular weight excluding hydrogens is 540 g/mol. The third-order valence-electron chi connectivity index (χ3n) is 7.37. The third-order valence-corrected chi connectivity index (χ3v) is 8.05. The summed E-state index contributed by atoms with van der Waals surface area (Å²) in [5, 5.41) is 0.766. The summed E-state index contributed by atoms with van der Waals surface area (Å²) in [6, 6.07) is 8.27. The predicted octanol–water partition coefficient (Wildman–Crippen LogP) is 7.47. The average Bonchev–Trinajstić information content (AvgIpc) is 3.25. The summed E-state index contributed by atoms with van der Waals surface area (Å²) in [4.78, 5) is 29.1. The van der Waals surface area contributed by atoms with E-state index in [4.69, 9.17) is 27.9 Å². The number of carbonyl (C=O) groups is 2. The number of ether oxygens (including phenoxy) is 1. The van der Waals surface area contributed by atoms with E-state index in [1.165, 1.54) is 12.1 Å². The lowest BCUT2D eigenvalue weighted by Crippen LogP contribution is -2.47. The van der Waals surface area contributed by atoms with Crippen LogP contribution in [0.15, 0.2) is 36.4 Å². The second-order valence-electron chi connectivity index (χ2n) is 9.90. The maximum atomic E-state index is 13.3. The van der Waals surface area contributed by atoms with Crippen molar-refractivity contribution < 1.29 is 27.5 Å². The maximum absolute atomic E-state index is 13.3. The van der Waals surface area contributed by atoms with Crippen molar-refractivity contribution in [2.24, 2.45) is 5.92 Å². The molecule has 0 aromatic heterocycles. The number of amides is 2. The van der Waals surface area contributed by atoms with Crippen molar-refractivity contribution in [3.63, 3.8) is 0 Å². The second-order valence-corrected chi connectivity index (χ2v) is 10.7. The SMILES string of the molecule is CCCCOC(=O)N1CCC(N2CC[C@@H](Cc3c(Cl)cc(-c4ccc(C(F)(F)F)cc4)cc3Cl)C2=O)CC1. The van der Waals surface area contributed by atoms with Crippen LogP contribution in [0.5, 0.6) is 0 Å². The topological polar surface area (TPSA) is 49.9 Å². The zero-order chi connectivity index (χ0) is 27.4. The molecule has 0 aliphatic carbocycles. The highest BCUT2D eigenvalue weighted by molar-refractivity contribution is 6.36. The highest BCUT2D eigenvalue weighted by Crippen LogP contribution is 2.37. The van der Waals surface area contributed by atoms with Gasteiger partial charge in [-0.2, -0.15) is 13.2 Å². The fraction of sp³-hybridized carbons (Fsp3) is 0.500. The van der Waals surface area contributed by atoms with Gasteiger partial charge >= 0.3 is 12.3 Å². The monoisotopic (exact) mass is 570 g/mol. The van der Waals surface area contributed by atoms with Gasteiger partial charge in [0.1, 0.15) is 0 Å². The van der Waals surface area contributed by atoms with Crippen LogP contribution in [0.1, 0.15) is 50.2 Å². The summed E-state index contributed by atoms with van der Waals surface area (Å²) in [5.74, 6) is -0.188. The first-order valence-corrected chi connectivity index (χ1v) is 13.7. The zero-order valence-corrected chi connectivity index (χ0v) is 22.7. The Morgan fingerprint density at radius 3 is 2.21 bits per heavy atom. The number of nitrogens with zero attached hydrogens (tertiary/aromatic N) is 2. The third kappa shape index (κ3) is 6.57. The highest BCUT2D eigenvalue weighted by atomic mass is 35.5. The summed E-state index contributed by atoms with van der Waals surface area (Å²) in [5.41, 5.74) is 1.11. The Morgan fingerprint density at radius 1 is 1.00 bits per heavy atom. The second kappa shape index (κ2) is 12.2. The quantitative estimate of drug-likeness (QED) is 0.324. The van der Waals surface area contributed by atoms with Gasteiger partial charge in [-0.3, -0.25) is 4.79 Å². The molecule has 0 N–H and O–H groups in total. The normalized spacial score (nSPS) is 18.8. The molecule has 1 atom stereocenters. The number of unbranched alkanes of at least 4 members (excludes halogenated alkanes) is 1. The summed E-state index contributed by atoms with van der Waals surface area (Å²) in [6.07, 6.45) is -0.378. The standard InChI is InChI=1S/C28H31Cl2F3N2O3/c1-2-3-14-38-27(37)34-11-9-22(10-12-34)35-13-8-19(26(35)36)15-23-24(29)16-20(17-25(23)30)18-4-6-21(7-5-18)28(31,32)33/h4-7,16-17,19,22H,2-3,8-15H2,1H3/t19-/m0/s1. The molecule has 2 saturated heterocycles.